The fraction of sp³-hybridized carbons (Fsp3) is 0.0625. The van der Waals surface area contributed by atoms with Crippen LogP contribution in [0.25, 0.3) is 33.5 Å². The van der Waals surface area contributed by atoms with Crippen LogP contribution in [0.1, 0.15) is 5.56 Å². The molecule has 6 rings (SSSR count). The number of para-hydroxylation sites is 1. The Balaban J connectivity index is 1.42. The highest BCUT2D eigenvalue weighted by atomic mass is 35.5. The highest BCUT2D eigenvalue weighted by Gasteiger charge is 2.23. The van der Waals surface area contributed by atoms with E-state index in [1.165, 1.54) is 25.3 Å². The van der Waals surface area contributed by atoms with E-state index in [2.05, 4.69) is 15.4 Å². The number of nitrogens with zero attached hydrogens (tertiary/aromatic N) is 4. The average molecular weight is 642 g/mol. The number of nitrogens with one attached hydrogen (secondary N) is 1. The van der Waals surface area contributed by atoms with Crippen LogP contribution in [-0.4, -0.2) is 40.4 Å². The van der Waals surface area contributed by atoms with Crippen molar-refractivity contribution >= 4 is 57.0 Å². The van der Waals surface area contributed by atoms with Gasteiger partial charge >= 0.3 is 5.69 Å². The lowest BCUT2D eigenvalue weighted by Gasteiger charge is -2.11. The Kier molecular flexibility index (Phi) is 8.14. The minimum Gasteiger partial charge on any atom is -0.496 e. The third-order valence-corrected chi connectivity index (χ3v) is 6.98. The molecule has 12 nitrogen and oxygen atoms in total. The van der Waals surface area contributed by atoms with Crippen LogP contribution in [0.5, 0.6) is 11.5 Å². The molecule has 0 fully saturated rings. The molecule has 46 heavy (non-hydrogen) atoms. The topological polar surface area (TPSA) is 151 Å². The number of aromatic nitrogens is 2. The minimum atomic E-state index is -0.729. The second-order valence-corrected chi connectivity index (χ2v) is 10.2. The summed E-state index contributed by atoms with van der Waals surface area (Å²) >= 11 is 6.20. The molecule has 0 spiro atoms. The summed E-state index contributed by atoms with van der Waals surface area (Å²) < 4.78 is 31.3. The van der Waals surface area contributed by atoms with Crippen LogP contribution >= 0.6 is 11.6 Å². The summed E-state index contributed by atoms with van der Waals surface area (Å²) in [4.78, 5) is 42.1. The fourth-order valence-corrected chi connectivity index (χ4v) is 4.91. The number of carbonyl (C=O) groups excluding carboxylic acids is 1. The van der Waals surface area contributed by atoms with Gasteiger partial charge in [-0.15, -0.1) is 0 Å². The average Bonchev–Trinajstić information content (AvgIpc) is 3.49. The van der Waals surface area contributed by atoms with Crippen molar-refractivity contribution in [2.45, 2.75) is 0 Å². The number of rotatable bonds is 9. The number of furan rings is 1. The molecule has 0 aliphatic heterocycles. The zero-order valence-electron chi connectivity index (χ0n) is 23.8. The van der Waals surface area contributed by atoms with Crippen molar-refractivity contribution in [3.8, 4) is 23.1 Å². The van der Waals surface area contributed by atoms with Crippen molar-refractivity contribution < 1.29 is 28.0 Å². The van der Waals surface area contributed by atoms with Gasteiger partial charge in [-0.05, 0) is 60.7 Å². The Bertz CT molecular complexity index is 2230. The molecule has 0 radical (unpaired) electrons. The molecule has 0 aliphatic carbocycles. The molecule has 0 bridgehead atoms. The lowest BCUT2D eigenvalue weighted by Crippen LogP contribution is -2.21. The molecule has 0 unspecified atom stereocenters. The van der Waals surface area contributed by atoms with Crippen molar-refractivity contribution in [2.75, 3.05) is 19.0 Å². The monoisotopic (exact) mass is 641 g/mol. The Morgan fingerprint density at radius 2 is 1.89 bits per heavy atom. The van der Waals surface area contributed by atoms with Gasteiger partial charge < -0.3 is 19.2 Å². The number of ether oxygens (including phenoxy) is 2. The molecule has 2 heterocycles. The van der Waals surface area contributed by atoms with Crippen molar-refractivity contribution in [3.05, 3.63) is 122 Å². The smallest absolute Gasteiger partial charge is 0.313 e. The maximum absolute atomic E-state index is 13.7. The summed E-state index contributed by atoms with van der Waals surface area (Å²) in [6.07, 6.45) is 1.14. The molecule has 0 aliphatic rings. The predicted molar refractivity (Wildman–Crippen MR) is 169 cm³/mol. The van der Waals surface area contributed by atoms with Gasteiger partial charge in [0.05, 0.1) is 34.5 Å². The van der Waals surface area contributed by atoms with E-state index in [4.69, 9.17) is 25.5 Å². The minimum absolute atomic E-state index is 0.00827. The highest BCUT2D eigenvalue weighted by Crippen LogP contribution is 2.35. The summed E-state index contributed by atoms with van der Waals surface area (Å²) in [6, 6.07) is 21.0. The lowest BCUT2D eigenvalue weighted by molar-refractivity contribution is -0.385. The van der Waals surface area contributed by atoms with Crippen LogP contribution in [0.4, 0.5) is 15.8 Å². The number of carbonyl (C=O) groups is 1. The first-order valence-corrected chi connectivity index (χ1v) is 13.9. The van der Waals surface area contributed by atoms with E-state index in [1.54, 1.807) is 48.5 Å². The molecule has 1 amide bonds. The zero-order chi connectivity index (χ0) is 32.4. The van der Waals surface area contributed by atoms with Gasteiger partial charge in [-0.2, -0.15) is 9.78 Å². The molecule has 230 valence electrons. The first-order valence-electron chi connectivity index (χ1n) is 13.5. The van der Waals surface area contributed by atoms with Crippen molar-refractivity contribution in [1.82, 2.24) is 9.66 Å². The largest absolute Gasteiger partial charge is 0.496 e. The number of fused-ring (bicyclic) bond motifs is 2. The third kappa shape index (κ3) is 5.99. The predicted octanol–water partition coefficient (Wildman–Crippen LogP) is 6.42. The Morgan fingerprint density at radius 3 is 2.65 bits per heavy atom. The fourth-order valence-electron chi connectivity index (χ4n) is 4.69. The lowest BCUT2D eigenvalue weighted by atomic mass is 10.2. The molecule has 0 atom stereocenters. The molecule has 6 aromatic rings. The third-order valence-electron chi connectivity index (χ3n) is 6.76. The van der Waals surface area contributed by atoms with E-state index in [0.29, 0.717) is 27.9 Å². The molecule has 0 saturated carbocycles. The first kappa shape index (κ1) is 30.0. The van der Waals surface area contributed by atoms with Crippen LogP contribution in [0.3, 0.4) is 0 Å². The molecule has 0 saturated heterocycles. The van der Waals surface area contributed by atoms with Crippen molar-refractivity contribution in [3.63, 3.8) is 0 Å². The van der Waals surface area contributed by atoms with E-state index >= 15 is 0 Å². The van der Waals surface area contributed by atoms with Crippen LogP contribution in [0.15, 0.2) is 99.2 Å². The highest BCUT2D eigenvalue weighted by molar-refractivity contribution is 6.31. The normalized spacial score (nSPS) is 11.3. The summed E-state index contributed by atoms with van der Waals surface area (Å²) in [5.74, 6) is -0.706. The number of halogens is 2. The Hall–Kier alpha value is -6.08. The summed E-state index contributed by atoms with van der Waals surface area (Å²) in [7, 11) is 1.52. The van der Waals surface area contributed by atoms with Crippen LogP contribution in [-0.2, 0) is 4.79 Å². The molecular formula is C32H21ClFN5O7. The molecule has 14 heteroatoms. The van der Waals surface area contributed by atoms with E-state index in [0.717, 1.165) is 29.1 Å². The zero-order valence-corrected chi connectivity index (χ0v) is 24.5. The first-order chi connectivity index (χ1) is 22.2. The number of amides is 1. The number of methoxy groups -OCH3 is 1. The van der Waals surface area contributed by atoms with Crippen LogP contribution < -0.4 is 20.3 Å². The number of benzene rings is 4. The molecule has 4 aromatic carbocycles. The van der Waals surface area contributed by atoms with Gasteiger partial charge in [0, 0.05) is 22.3 Å². The maximum Gasteiger partial charge on any atom is 0.313 e. The van der Waals surface area contributed by atoms with Crippen molar-refractivity contribution in [1.29, 1.82) is 0 Å². The van der Waals surface area contributed by atoms with Gasteiger partial charge in [0.1, 0.15) is 17.1 Å². The number of hydrogen-bond donors (Lipinski definition) is 1. The van der Waals surface area contributed by atoms with E-state index in [9.17, 15) is 24.1 Å². The van der Waals surface area contributed by atoms with Gasteiger partial charge in [0.15, 0.2) is 12.4 Å². The maximum atomic E-state index is 13.7. The molecule has 2 aromatic heterocycles. The van der Waals surface area contributed by atoms with Gasteiger partial charge in [-0.25, -0.2) is 9.37 Å². The van der Waals surface area contributed by atoms with E-state index in [-0.39, 0.29) is 33.3 Å². The summed E-state index contributed by atoms with van der Waals surface area (Å²) in [6.45, 7) is -0.649. The molecular weight excluding hydrogens is 621 g/mol. The van der Waals surface area contributed by atoms with Crippen LogP contribution in [0.2, 0.25) is 5.02 Å². The standard InChI is InChI=1S/C32H21ClFN5O7/c1-44-26-7-4-8-27-23(26)15-28(46-27)31-37-24-6-3-2-5-22(24)32(41)38(31)35-16-18-13-19(33)14-25(39(42)43)30(18)45-17-29(40)36-21-11-9-20(34)10-12-21/h2-16H,17H2,1H3,(H,36,40). The Labute approximate surface area is 263 Å². The number of hydrogen-bond acceptors (Lipinski definition) is 9. The van der Waals surface area contributed by atoms with Crippen molar-refractivity contribution in [2.24, 2.45) is 5.10 Å². The quantitative estimate of drug-likeness (QED) is 0.108. The number of nitro groups is 1. The number of nitro benzene ring substituents is 1. The number of anilines is 1. The van der Waals surface area contributed by atoms with E-state index in [1.807, 2.05) is 0 Å². The second kappa shape index (κ2) is 12.5. The van der Waals surface area contributed by atoms with Gasteiger partial charge in [0.2, 0.25) is 11.6 Å². The van der Waals surface area contributed by atoms with E-state index < -0.39 is 34.5 Å². The molecule has 1 N–H and O–H groups in total. The second-order valence-electron chi connectivity index (χ2n) is 9.74. The van der Waals surface area contributed by atoms with Gasteiger partial charge in [0.25, 0.3) is 11.5 Å². The van der Waals surface area contributed by atoms with Gasteiger partial charge in [-0.1, -0.05) is 29.8 Å². The summed E-state index contributed by atoms with van der Waals surface area (Å²) in [5.41, 5.74) is 0.0507. The van der Waals surface area contributed by atoms with Crippen LogP contribution in [0, 0.1) is 15.9 Å². The Morgan fingerprint density at radius 1 is 1.11 bits per heavy atom. The summed E-state index contributed by atoms with van der Waals surface area (Å²) in [5, 5.41) is 19.7. The van der Waals surface area contributed by atoms with Gasteiger partial charge in [-0.3, -0.25) is 19.7 Å². The SMILES string of the molecule is COc1cccc2oc(-c3nc4ccccc4c(=O)n3N=Cc3cc(Cl)cc([N+](=O)[O-])c3OCC(=O)Nc3ccc(F)cc3)cc12.